The van der Waals surface area contributed by atoms with Gasteiger partial charge < -0.3 is 4.98 Å². The summed E-state index contributed by atoms with van der Waals surface area (Å²) in [6.07, 6.45) is 1.54. The molecular formula is C9H13BrN2OS. The van der Waals surface area contributed by atoms with Gasteiger partial charge in [0.05, 0.1) is 5.75 Å². The summed E-state index contributed by atoms with van der Waals surface area (Å²) in [4.78, 5) is 18.0. The summed E-state index contributed by atoms with van der Waals surface area (Å²) in [7, 11) is 0. The number of nitrogens with one attached hydrogen (secondary N) is 1. The van der Waals surface area contributed by atoms with Gasteiger partial charge in [-0.2, -0.15) is 0 Å². The first-order valence-electron chi connectivity index (χ1n) is 4.26. The smallest absolute Gasteiger partial charge is 0.265 e. The maximum absolute atomic E-state index is 11.2. The number of rotatable bonds is 2. The molecule has 1 heterocycles. The lowest BCUT2D eigenvalue weighted by atomic mass is 10.3. The highest BCUT2D eigenvalue weighted by Gasteiger charge is 2.11. The van der Waals surface area contributed by atoms with Gasteiger partial charge in [-0.25, -0.2) is 4.98 Å². The zero-order valence-corrected chi connectivity index (χ0v) is 10.8. The number of hydrogen-bond acceptors (Lipinski definition) is 3. The van der Waals surface area contributed by atoms with Crippen molar-refractivity contribution in [1.82, 2.24) is 9.97 Å². The van der Waals surface area contributed by atoms with Crippen molar-refractivity contribution in [1.29, 1.82) is 0 Å². The van der Waals surface area contributed by atoms with Gasteiger partial charge in [-0.15, -0.1) is 11.8 Å². The lowest BCUT2D eigenvalue weighted by Gasteiger charge is -2.16. The summed E-state index contributed by atoms with van der Waals surface area (Å²) in [5.74, 6) is 1.45. The molecule has 0 aliphatic rings. The zero-order chi connectivity index (χ0) is 10.8. The van der Waals surface area contributed by atoms with Gasteiger partial charge in [-0.1, -0.05) is 20.8 Å². The fourth-order valence-corrected chi connectivity index (χ4v) is 1.69. The average Bonchev–Trinajstić information content (AvgIpc) is 2.06. The molecule has 0 aliphatic carbocycles. The van der Waals surface area contributed by atoms with Gasteiger partial charge in [0.15, 0.2) is 0 Å². The van der Waals surface area contributed by atoms with Gasteiger partial charge in [0, 0.05) is 10.9 Å². The van der Waals surface area contributed by atoms with Crippen molar-refractivity contribution in [2.75, 3.05) is 0 Å². The van der Waals surface area contributed by atoms with Crippen LogP contribution in [0.3, 0.4) is 0 Å². The van der Waals surface area contributed by atoms with Gasteiger partial charge in [0.25, 0.3) is 5.56 Å². The van der Waals surface area contributed by atoms with Crippen LogP contribution in [0.4, 0.5) is 0 Å². The fourth-order valence-electron chi connectivity index (χ4n) is 0.774. The summed E-state index contributed by atoms with van der Waals surface area (Å²) in [6, 6.07) is 0. The molecule has 1 aromatic heterocycles. The number of H-pyrrole nitrogens is 1. The van der Waals surface area contributed by atoms with E-state index in [1.807, 2.05) is 0 Å². The standard InChI is InChI=1S/C9H13BrN2OS/c1-9(2,3)14-5-7-11-4-6(10)8(13)12-7/h4H,5H2,1-3H3,(H,11,12,13). The van der Waals surface area contributed by atoms with Crippen LogP contribution in [0.5, 0.6) is 0 Å². The SMILES string of the molecule is CC(C)(C)SCc1ncc(Br)c(=O)[nH]1. The lowest BCUT2D eigenvalue weighted by molar-refractivity contribution is 0.799. The monoisotopic (exact) mass is 276 g/mol. The second kappa shape index (κ2) is 4.49. The Morgan fingerprint density at radius 1 is 1.57 bits per heavy atom. The maximum Gasteiger partial charge on any atom is 0.265 e. The molecule has 0 spiro atoms. The van der Waals surface area contributed by atoms with Crippen LogP contribution >= 0.6 is 27.7 Å². The molecule has 0 fully saturated rings. The van der Waals surface area contributed by atoms with Crippen LogP contribution in [0.25, 0.3) is 0 Å². The second-order valence-corrected chi connectivity index (χ2v) is 6.56. The van der Waals surface area contributed by atoms with E-state index >= 15 is 0 Å². The largest absolute Gasteiger partial charge is 0.309 e. The molecule has 1 N–H and O–H groups in total. The van der Waals surface area contributed by atoms with E-state index in [0.717, 1.165) is 11.6 Å². The van der Waals surface area contributed by atoms with E-state index in [1.165, 1.54) is 6.20 Å². The number of thioether (sulfide) groups is 1. The molecule has 78 valence electrons. The van der Waals surface area contributed by atoms with Crippen LogP contribution in [0.1, 0.15) is 26.6 Å². The average molecular weight is 277 g/mol. The van der Waals surface area contributed by atoms with Crippen molar-refractivity contribution in [2.24, 2.45) is 0 Å². The molecule has 1 rings (SSSR count). The van der Waals surface area contributed by atoms with E-state index in [2.05, 4.69) is 46.7 Å². The normalized spacial score (nSPS) is 11.7. The quantitative estimate of drug-likeness (QED) is 0.903. The molecule has 0 aromatic carbocycles. The zero-order valence-electron chi connectivity index (χ0n) is 8.43. The third kappa shape index (κ3) is 3.84. The molecule has 5 heteroatoms. The molecule has 3 nitrogen and oxygen atoms in total. The molecule has 14 heavy (non-hydrogen) atoms. The Kier molecular flexibility index (Phi) is 3.78. The van der Waals surface area contributed by atoms with Crippen molar-refractivity contribution in [2.45, 2.75) is 31.3 Å². The summed E-state index contributed by atoms with van der Waals surface area (Å²) >= 11 is 4.86. The van der Waals surface area contributed by atoms with Crippen LogP contribution < -0.4 is 5.56 Å². The predicted molar refractivity (Wildman–Crippen MR) is 63.6 cm³/mol. The first kappa shape index (κ1) is 11.8. The highest BCUT2D eigenvalue weighted by Crippen LogP contribution is 2.25. The van der Waals surface area contributed by atoms with Gasteiger partial charge >= 0.3 is 0 Å². The highest BCUT2D eigenvalue weighted by molar-refractivity contribution is 9.10. The minimum atomic E-state index is -0.121. The highest BCUT2D eigenvalue weighted by atomic mass is 79.9. The number of aromatic amines is 1. The Hall–Kier alpha value is -0.290. The minimum Gasteiger partial charge on any atom is -0.309 e. The van der Waals surface area contributed by atoms with Crippen molar-refractivity contribution >= 4 is 27.7 Å². The first-order valence-corrected chi connectivity index (χ1v) is 6.04. The third-order valence-electron chi connectivity index (χ3n) is 1.45. The van der Waals surface area contributed by atoms with Crippen molar-refractivity contribution in [3.63, 3.8) is 0 Å². The molecular weight excluding hydrogens is 264 g/mol. The Bertz CT molecular complexity index is 370. The van der Waals surface area contributed by atoms with Crippen LogP contribution in [0.15, 0.2) is 15.5 Å². The molecule has 1 aromatic rings. The van der Waals surface area contributed by atoms with E-state index < -0.39 is 0 Å². The van der Waals surface area contributed by atoms with Crippen molar-refractivity contribution in [3.8, 4) is 0 Å². The first-order chi connectivity index (χ1) is 6.38. The van der Waals surface area contributed by atoms with Gasteiger partial charge in [-0.05, 0) is 15.9 Å². The lowest BCUT2D eigenvalue weighted by Crippen LogP contribution is -2.13. The van der Waals surface area contributed by atoms with Gasteiger partial charge in [0.1, 0.15) is 10.3 Å². The fraction of sp³-hybridized carbons (Fsp3) is 0.556. The molecule has 0 amide bonds. The molecule has 0 unspecified atom stereocenters. The minimum absolute atomic E-state index is 0.121. The summed E-state index contributed by atoms with van der Waals surface area (Å²) in [6.45, 7) is 6.40. The van der Waals surface area contributed by atoms with Crippen molar-refractivity contribution in [3.05, 3.63) is 26.8 Å². The Morgan fingerprint density at radius 2 is 2.21 bits per heavy atom. The van der Waals surface area contributed by atoms with Crippen molar-refractivity contribution < 1.29 is 0 Å². The molecule has 0 atom stereocenters. The molecule has 0 saturated carbocycles. The van der Waals surface area contributed by atoms with Crippen LogP contribution in [0.2, 0.25) is 0 Å². The summed E-state index contributed by atoms with van der Waals surface area (Å²) in [5, 5.41) is 0. The van der Waals surface area contributed by atoms with Crippen LogP contribution in [-0.4, -0.2) is 14.7 Å². The van der Waals surface area contributed by atoms with Gasteiger partial charge in [-0.3, -0.25) is 4.79 Å². The van der Waals surface area contributed by atoms with E-state index in [9.17, 15) is 4.79 Å². The van der Waals surface area contributed by atoms with E-state index in [1.54, 1.807) is 11.8 Å². The molecule has 0 radical (unpaired) electrons. The number of nitrogens with zero attached hydrogens (tertiary/aromatic N) is 1. The predicted octanol–water partition coefficient (Wildman–Crippen LogP) is 2.56. The van der Waals surface area contributed by atoms with Crippen LogP contribution in [-0.2, 0) is 5.75 Å². The Labute approximate surface area is 95.8 Å². The third-order valence-corrected chi connectivity index (χ3v) is 3.30. The number of hydrogen-bond donors (Lipinski definition) is 1. The van der Waals surface area contributed by atoms with E-state index in [4.69, 9.17) is 0 Å². The van der Waals surface area contributed by atoms with E-state index in [-0.39, 0.29) is 10.3 Å². The van der Waals surface area contributed by atoms with E-state index in [0.29, 0.717) is 4.47 Å². The number of halogens is 1. The summed E-state index contributed by atoms with van der Waals surface area (Å²) < 4.78 is 0.660. The maximum atomic E-state index is 11.2. The summed E-state index contributed by atoms with van der Waals surface area (Å²) in [5.41, 5.74) is -0.121. The molecule has 0 bridgehead atoms. The van der Waals surface area contributed by atoms with Gasteiger partial charge in [0.2, 0.25) is 0 Å². The second-order valence-electron chi connectivity index (χ2n) is 3.91. The Balaban J connectivity index is 2.70. The Morgan fingerprint density at radius 3 is 2.71 bits per heavy atom. The molecule has 0 saturated heterocycles. The van der Waals surface area contributed by atoms with Crippen LogP contribution in [0, 0.1) is 0 Å². The number of aromatic nitrogens is 2. The molecule has 0 aliphatic heterocycles. The topological polar surface area (TPSA) is 45.8 Å².